The van der Waals surface area contributed by atoms with Crippen molar-refractivity contribution in [1.29, 1.82) is 0 Å². The van der Waals surface area contributed by atoms with Crippen molar-refractivity contribution in [3.8, 4) is 17.3 Å². The Morgan fingerprint density at radius 1 is 1.23 bits per heavy atom. The van der Waals surface area contributed by atoms with E-state index in [0.717, 1.165) is 28.5 Å². The molecular formula is C28H28FIN6O3. The molecule has 0 radical (unpaired) electrons. The van der Waals surface area contributed by atoms with Gasteiger partial charge >= 0.3 is 0 Å². The van der Waals surface area contributed by atoms with Crippen LogP contribution < -0.4 is 15.0 Å². The van der Waals surface area contributed by atoms with Gasteiger partial charge in [-0.15, -0.1) is 0 Å². The first-order valence-corrected chi connectivity index (χ1v) is 13.9. The summed E-state index contributed by atoms with van der Waals surface area (Å²) in [4.78, 5) is 29.6. The van der Waals surface area contributed by atoms with Crippen LogP contribution in [0.1, 0.15) is 43.5 Å². The normalized spacial score (nSPS) is 18.1. The summed E-state index contributed by atoms with van der Waals surface area (Å²) in [5, 5.41) is 13.0. The van der Waals surface area contributed by atoms with E-state index in [4.69, 9.17) is 19.7 Å². The minimum atomic E-state index is -0.814. The average Bonchev–Trinajstić information content (AvgIpc) is 3.57. The van der Waals surface area contributed by atoms with E-state index >= 15 is 0 Å². The number of anilines is 2. The lowest BCUT2D eigenvalue weighted by Crippen LogP contribution is -2.36. The summed E-state index contributed by atoms with van der Waals surface area (Å²) in [6.07, 6.45) is 3.63. The van der Waals surface area contributed by atoms with Crippen LogP contribution in [0.4, 0.5) is 16.0 Å². The number of aromatic nitrogens is 4. The van der Waals surface area contributed by atoms with Crippen LogP contribution in [0.3, 0.4) is 0 Å². The van der Waals surface area contributed by atoms with Crippen molar-refractivity contribution in [2.75, 3.05) is 23.4 Å². The number of halogens is 2. The van der Waals surface area contributed by atoms with Crippen LogP contribution in [0.15, 0.2) is 36.5 Å². The Hall–Kier alpha value is -3.32. The Kier molecular flexibility index (Phi) is 6.45. The van der Waals surface area contributed by atoms with Gasteiger partial charge in [0.25, 0.3) is 0 Å². The highest BCUT2D eigenvalue weighted by Gasteiger charge is 2.45. The van der Waals surface area contributed by atoms with E-state index in [9.17, 15) is 14.3 Å². The topological polar surface area (TPSA) is 105 Å². The molecule has 0 aliphatic carbocycles. The van der Waals surface area contributed by atoms with Gasteiger partial charge in [-0.1, -0.05) is 6.07 Å². The summed E-state index contributed by atoms with van der Waals surface area (Å²) in [6, 6.07) is 8.49. The maximum absolute atomic E-state index is 14.4. The Morgan fingerprint density at radius 2 is 2.05 bits per heavy atom. The number of carbonyl (C=O) groups excluding carboxylic acids is 1. The predicted molar refractivity (Wildman–Crippen MR) is 154 cm³/mol. The van der Waals surface area contributed by atoms with Crippen molar-refractivity contribution in [3.05, 3.63) is 62.7 Å². The molecule has 2 aliphatic rings. The van der Waals surface area contributed by atoms with Crippen molar-refractivity contribution in [3.63, 3.8) is 0 Å². The number of amides is 1. The zero-order chi connectivity index (χ0) is 27.5. The number of hydrogen-bond acceptors (Lipinski definition) is 7. The van der Waals surface area contributed by atoms with Crippen LogP contribution in [0.25, 0.3) is 17.2 Å². The van der Waals surface area contributed by atoms with Crippen molar-refractivity contribution in [1.82, 2.24) is 19.4 Å². The smallest absolute Gasteiger partial charge is 0.235 e. The lowest BCUT2D eigenvalue weighted by atomic mass is 9.86. The van der Waals surface area contributed by atoms with Crippen molar-refractivity contribution >= 4 is 45.8 Å². The fourth-order valence-electron chi connectivity index (χ4n) is 5.47. The lowest BCUT2D eigenvalue weighted by molar-refractivity contribution is -0.119. The molecule has 4 aromatic rings. The van der Waals surface area contributed by atoms with Crippen molar-refractivity contribution < 1.29 is 19.0 Å². The van der Waals surface area contributed by atoms with Gasteiger partial charge in [-0.25, -0.2) is 19.3 Å². The third-order valence-corrected chi connectivity index (χ3v) is 8.62. The largest absolute Gasteiger partial charge is 0.485 e. The summed E-state index contributed by atoms with van der Waals surface area (Å²) in [7, 11) is 0. The zero-order valence-electron chi connectivity index (χ0n) is 21.8. The summed E-state index contributed by atoms with van der Waals surface area (Å²) in [6.45, 7) is 6.40. The van der Waals surface area contributed by atoms with Gasteiger partial charge in [-0.2, -0.15) is 0 Å². The minimum Gasteiger partial charge on any atom is -0.485 e. The number of aliphatic hydroxyl groups is 1. The molecule has 6 rings (SSSR count). The van der Waals surface area contributed by atoms with E-state index in [-0.39, 0.29) is 31.0 Å². The molecule has 2 aliphatic heterocycles. The molecule has 3 aromatic heterocycles. The number of aliphatic hydroxyl groups excluding tert-OH is 1. The van der Waals surface area contributed by atoms with Gasteiger partial charge in [0.2, 0.25) is 5.91 Å². The van der Waals surface area contributed by atoms with Gasteiger partial charge in [-0.3, -0.25) is 9.20 Å². The summed E-state index contributed by atoms with van der Waals surface area (Å²) < 4.78 is 23.1. The number of rotatable bonds is 6. The molecule has 202 valence electrons. The first-order valence-electron chi connectivity index (χ1n) is 12.9. The lowest BCUT2D eigenvalue weighted by Gasteiger charge is -2.29. The maximum Gasteiger partial charge on any atom is 0.235 e. The second-order valence-corrected chi connectivity index (χ2v) is 11.6. The third-order valence-electron chi connectivity index (χ3n) is 7.61. The molecular weight excluding hydrogens is 614 g/mol. The Morgan fingerprint density at radius 3 is 2.82 bits per heavy atom. The molecule has 1 aromatic carbocycles. The van der Waals surface area contributed by atoms with E-state index in [1.807, 2.05) is 43.5 Å². The monoisotopic (exact) mass is 642 g/mol. The van der Waals surface area contributed by atoms with E-state index in [0.29, 0.717) is 45.8 Å². The standard InChI is InChI=1S/C28H28FIN6O3/c1-15-22(36-12-6-10-20(25(36)31-15)39-14-17-18(29)8-4-9-19(17)30)24-32-23-21(28(2,3)27(38)34-23)26(33-24)35-11-5-7-16(35)13-37/h4,6,8-10,12,16,37H,5,7,11,13-14H2,1-3H3,(H,32,33,34,38)/t16-/m0/s1. The second-order valence-electron chi connectivity index (χ2n) is 10.4. The predicted octanol–water partition coefficient (Wildman–Crippen LogP) is 4.61. The Balaban J connectivity index is 1.46. The van der Waals surface area contributed by atoms with E-state index in [2.05, 4.69) is 32.8 Å². The first-order chi connectivity index (χ1) is 18.7. The molecule has 5 heterocycles. The molecule has 11 heteroatoms. The van der Waals surface area contributed by atoms with E-state index in [1.54, 1.807) is 12.1 Å². The molecule has 0 bridgehead atoms. The van der Waals surface area contributed by atoms with Crippen molar-refractivity contribution in [2.24, 2.45) is 0 Å². The van der Waals surface area contributed by atoms with Gasteiger partial charge in [0.05, 0.1) is 29.3 Å². The van der Waals surface area contributed by atoms with E-state index in [1.165, 1.54) is 6.07 Å². The van der Waals surface area contributed by atoms with Gasteiger partial charge in [0, 0.05) is 21.9 Å². The third kappa shape index (κ3) is 4.22. The van der Waals surface area contributed by atoms with Gasteiger partial charge in [0.15, 0.2) is 17.2 Å². The van der Waals surface area contributed by atoms with Gasteiger partial charge in [0.1, 0.15) is 29.8 Å². The van der Waals surface area contributed by atoms with Gasteiger partial charge in [-0.05, 0) is 80.5 Å². The van der Waals surface area contributed by atoms with Crippen LogP contribution in [-0.2, 0) is 16.8 Å². The molecule has 1 saturated heterocycles. The molecule has 1 amide bonds. The zero-order valence-corrected chi connectivity index (χ0v) is 24.0. The van der Waals surface area contributed by atoms with E-state index < -0.39 is 5.41 Å². The molecule has 9 nitrogen and oxygen atoms in total. The highest BCUT2D eigenvalue weighted by molar-refractivity contribution is 14.1. The molecule has 2 N–H and O–H groups in total. The number of fused-ring (bicyclic) bond motifs is 2. The minimum absolute atomic E-state index is 0.00615. The first kappa shape index (κ1) is 25.9. The number of benzene rings is 1. The molecule has 0 saturated carbocycles. The number of hydrogen-bond donors (Lipinski definition) is 2. The molecule has 1 fully saturated rings. The fraction of sp³-hybridized carbons (Fsp3) is 0.357. The number of carbonyl (C=O) groups is 1. The molecule has 1 atom stereocenters. The summed E-state index contributed by atoms with van der Waals surface area (Å²) in [5.74, 6) is 1.59. The Labute approximate surface area is 238 Å². The number of aryl methyl sites for hydroxylation is 1. The number of pyridine rings is 1. The molecule has 39 heavy (non-hydrogen) atoms. The fourth-order valence-corrected chi connectivity index (χ4v) is 6.09. The van der Waals surface area contributed by atoms with Crippen LogP contribution in [0.5, 0.6) is 5.75 Å². The molecule has 0 spiro atoms. The number of ether oxygens (including phenoxy) is 1. The second kappa shape index (κ2) is 9.70. The average molecular weight is 642 g/mol. The van der Waals surface area contributed by atoms with Crippen LogP contribution in [0, 0.1) is 16.3 Å². The van der Waals surface area contributed by atoms with Crippen molar-refractivity contribution in [2.45, 2.75) is 51.7 Å². The Bertz CT molecular complexity index is 1600. The number of imidazole rings is 1. The summed E-state index contributed by atoms with van der Waals surface area (Å²) in [5.41, 5.74) is 2.32. The SMILES string of the molecule is Cc1nc2c(OCc3c(F)cccc3I)cccn2c1-c1nc2c(c(N3CCC[C@H]3CO)n1)C(C)(C)C(=O)N2. The number of nitrogens with zero attached hydrogens (tertiary/aromatic N) is 5. The summed E-state index contributed by atoms with van der Waals surface area (Å²) >= 11 is 2.10. The highest BCUT2D eigenvalue weighted by atomic mass is 127. The van der Waals surface area contributed by atoms with Crippen LogP contribution in [0.2, 0.25) is 0 Å². The van der Waals surface area contributed by atoms with Crippen LogP contribution in [-0.4, -0.2) is 49.6 Å². The maximum atomic E-state index is 14.4. The highest BCUT2D eigenvalue weighted by Crippen LogP contribution is 2.44. The van der Waals surface area contributed by atoms with Gasteiger partial charge < -0.3 is 20.1 Å². The molecule has 0 unspecified atom stereocenters. The van der Waals surface area contributed by atoms with Crippen LogP contribution >= 0.6 is 22.6 Å². The quantitative estimate of drug-likeness (QED) is 0.296. The number of nitrogens with one attached hydrogen (secondary N) is 1.